The number of benzene rings is 1. The van der Waals surface area contributed by atoms with Gasteiger partial charge in [-0.1, -0.05) is 35.0 Å². The number of halogens is 1. The maximum absolute atomic E-state index is 12.1. The Kier molecular flexibility index (Phi) is 5.47. The van der Waals surface area contributed by atoms with Gasteiger partial charge in [-0.25, -0.2) is 0 Å². The first-order valence-electron chi connectivity index (χ1n) is 5.99. The largest absolute Gasteiger partial charge is 0.349 e. The molecule has 2 atom stereocenters. The van der Waals surface area contributed by atoms with Gasteiger partial charge in [0.05, 0.1) is 4.92 Å². The van der Waals surface area contributed by atoms with Crippen molar-refractivity contribution in [3.63, 3.8) is 0 Å². The zero-order valence-corrected chi connectivity index (χ0v) is 12.7. The molecule has 19 heavy (non-hydrogen) atoms. The number of rotatable bonds is 5. The molecule has 104 valence electrons. The van der Waals surface area contributed by atoms with Gasteiger partial charge < -0.3 is 5.32 Å². The summed E-state index contributed by atoms with van der Waals surface area (Å²) in [5.41, 5.74) is 0.469. The zero-order chi connectivity index (χ0) is 14.6. The molecule has 0 spiro atoms. The van der Waals surface area contributed by atoms with Crippen molar-refractivity contribution in [3.8, 4) is 0 Å². The van der Waals surface area contributed by atoms with Crippen LogP contribution in [0.15, 0.2) is 18.2 Å². The Balaban J connectivity index is 3.01. The molecule has 1 aromatic carbocycles. The first-order valence-corrected chi connectivity index (χ1v) is 7.11. The van der Waals surface area contributed by atoms with Crippen molar-refractivity contribution in [2.45, 2.75) is 26.8 Å². The van der Waals surface area contributed by atoms with E-state index < -0.39 is 10.8 Å². The molecule has 6 heteroatoms. The highest BCUT2D eigenvalue weighted by atomic mass is 79.9. The monoisotopic (exact) mass is 328 g/mol. The molecule has 0 bridgehead atoms. The van der Waals surface area contributed by atoms with Gasteiger partial charge in [-0.2, -0.15) is 0 Å². The van der Waals surface area contributed by atoms with E-state index in [4.69, 9.17) is 0 Å². The molecule has 1 rings (SSSR count). The van der Waals surface area contributed by atoms with Gasteiger partial charge in [0, 0.05) is 16.9 Å². The van der Waals surface area contributed by atoms with E-state index in [0.29, 0.717) is 5.56 Å². The summed E-state index contributed by atoms with van der Waals surface area (Å²) in [4.78, 5) is 22.7. The van der Waals surface area contributed by atoms with E-state index >= 15 is 0 Å². The van der Waals surface area contributed by atoms with Crippen molar-refractivity contribution >= 4 is 27.5 Å². The van der Waals surface area contributed by atoms with Gasteiger partial charge in [-0.3, -0.25) is 14.9 Å². The van der Waals surface area contributed by atoms with E-state index in [1.165, 1.54) is 6.07 Å². The predicted octanol–water partition coefficient (Wildman–Crippen LogP) is 3.05. The molecule has 5 nitrogen and oxygen atoms in total. The fourth-order valence-corrected chi connectivity index (χ4v) is 2.21. The van der Waals surface area contributed by atoms with Crippen LogP contribution in [0, 0.1) is 23.0 Å². The Bertz CT molecular complexity index is 491. The highest BCUT2D eigenvalue weighted by Gasteiger charge is 2.24. The first-order chi connectivity index (χ1) is 8.88. The second-order valence-electron chi connectivity index (χ2n) is 4.62. The van der Waals surface area contributed by atoms with Crippen LogP contribution < -0.4 is 5.32 Å². The quantitative estimate of drug-likeness (QED) is 0.513. The summed E-state index contributed by atoms with van der Waals surface area (Å²) in [5.74, 6) is -0.163. The number of nitro benzene ring substituents is 1. The Morgan fingerprint density at radius 2 is 2.11 bits per heavy atom. The van der Waals surface area contributed by atoms with Gasteiger partial charge in [0.2, 0.25) is 0 Å². The summed E-state index contributed by atoms with van der Waals surface area (Å²) >= 11 is 3.35. The maximum atomic E-state index is 12.1. The molecule has 0 aliphatic heterocycles. The lowest BCUT2D eigenvalue weighted by Gasteiger charge is -2.19. The van der Waals surface area contributed by atoms with Gasteiger partial charge in [0.15, 0.2) is 0 Å². The van der Waals surface area contributed by atoms with Crippen LogP contribution in [0.5, 0.6) is 0 Å². The molecule has 0 aliphatic rings. The number of amides is 1. The number of nitro groups is 1. The summed E-state index contributed by atoms with van der Waals surface area (Å²) in [6, 6.07) is 4.69. The van der Waals surface area contributed by atoms with Crippen LogP contribution in [0.3, 0.4) is 0 Å². The fourth-order valence-electron chi connectivity index (χ4n) is 1.64. The van der Waals surface area contributed by atoms with Crippen LogP contribution >= 0.6 is 15.9 Å². The van der Waals surface area contributed by atoms with Gasteiger partial charge in [0.1, 0.15) is 5.56 Å². The second-order valence-corrected chi connectivity index (χ2v) is 5.27. The second kappa shape index (κ2) is 6.65. The van der Waals surface area contributed by atoms with Crippen molar-refractivity contribution in [3.05, 3.63) is 39.4 Å². The summed E-state index contributed by atoms with van der Waals surface area (Å²) in [6.45, 7) is 5.50. The van der Waals surface area contributed by atoms with Gasteiger partial charge in [0.25, 0.3) is 11.6 Å². The molecule has 1 amide bonds. The molecule has 0 saturated carbocycles. The number of carbonyl (C=O) groups is 1. The van der Waals surface area contributed by atoms with E-state index in [2.05, 4.69) is 21.2 Å². The average Bonchev–Trinajstić information content (AvgIpc) is 2.36. The highest BCUT2D eigenvalue weighted by Crippen LogP contribution is 2.23. The Labute approximate surface area is 120 Å². The third kappa shape index (κ3) is 3.76. The lowest BCUT2D eigenvalue weighted by molar-refractivity contribution is -0.385. The van der Waals surface area contributed by atoms with Crippen molar-refractivity contribution in [1.29, 1.82) is 0 Å². The summed E-state index contributed by atoms with van der Waals surface area (Å²) in [6.07, 6.45) is 0. The van der Waals surface area contributed by atoms with Gasteiger partial charge >= 0.3 is 0 Å². The van der Waals surface area contributed by atoms with E-state index in [-0.39, 0.29) is 23.2 Å². The van der Waals surface area contributed by atoms with E-state index in [1.807, 2.05) is 13.8 Å². The first kappa shape index (κ1) is 15.6. The van der Waals surface area contributed by atoms with Crippen LogP contribution in [0.25, 0.3) is 0 Å². The van der Waals surface area contributed by atoms with E-state index in [0.717, 1.165) is 5.33 Å². The Hall–Kier alpha value is -1.43. The van der Waals surface area contributed by atoms with Crippen LogP contribution in [0.4, 0.5) is 5.69 Å². The summed E-state index contributed by atoms with van der Waals surface area (Å²) < 4.78 is 0. The SMILES string of the molecule is Cc1cccc(C(=O)NC(C)C(C)CBr)c1[N+](=O)[O-]. The molecule has 2 unspecified atom stereocenters. The number of hydrogen-bond donors (Lipinski definition) is 1. The number of para-hydroxylation sites is 1. The number of alkyl halides is 1. The molecule has 0 aliphatic carbocycles. The minimum atomic E-state index is -0.511. The molecule has 0 radical (unpaired) electrons. The number of nitrogens with zero attached hydrogens (tertiary/aromatic N) is 1. The predicted molar refractivity (Wildman–Crippen MR) is 77.7 cm³/mol. The topological polar surface area (TPSA) is 72.2 Å². The third-order valence-electron chi connectivity index (χ3n) is 3.12. The summed E-state index contributed by atoms with van der Waals surface area (Å²) in [7, 11) is 0. The lowest BCUT2D eigenvalue weighted by Crippen LogP contribution is -2.38. The number of carbonyl (C=O) groups excluding carboxylic acids is 1. The van der Waals surface area contributed by atoms with Crippen molar-refractivity contribution < 1.29 is 9.72 Å². The van der Waals surface area contributed by atoms with Crippen molar-refractivity contribution in [2.75, 3.05) is 5.33 Å². The minimum Gasteiger partial charge on any atom is -0.349 e. The number of nitrogens with one attached hydrogen (secondary N) is 1. The van der Waals surface area contributed by atoms with Crippen molar-refractivity contribution in [2.24, 2.45) is 5.92 Å². The van der Waals surface area contributed by atoms with Crippen LogP contribution in [0.1, 0.15) is 29.8 Å². The normalized spacial score (nSPS) is 13.7. The summed E-state index contributed by atoms with van der Waals surface area (Å²) in [5, 5.41) is 14.6. The third-order valence-corrected chi connectivity index (χ3v) is 4.14. The van der Waals surface area contributed by atoms with Crippen LogP contribution in [-0.4, -0.2) is 22.2 Å². The van der Waals surface area contributed by atoms with Crippen molar-refractivity contribution in [1.82, 2.24) is 5.32 Å². The zero-order valence-electron chi connectivity index (χ0n) is 11.1. The Morgan fingerprint density at radius 1 is 1.47 bits per heavy atom. The van der Waals surface area contributed by atoms with Crippen LogP contribution in [0.2, 0.25) is 0 Å². The smallest absolute Gasteiger partial charge is 0.285 e. The molecule has 1 N–H and O–H groups in total. The van der Waals surface area contributed by atoms with E-state index in [1.54, 1.807) is 19.1 Å². The van der Waals surface area contributed by atoms with E-state index in [9.17, 15) is 14.9 Å². The molecule has 0 aromatic heterocycles. The standard InChI is InChI=1S/C13H17BrN2O3/c1-8-5-4-6-11(12(8)16(18)19)13(17)15-10(3)9(2)7-14/h4-6,9-10H,7H2,1-3H3,(H,15,17). The molecule has 0 heterocycles. The Morgan fingerprint density at radius 3 is 2.63 bits per heavy atom. The van der Waals surface area contributed by atoms with Crippen LogP contribution in [-0.2, 0) is 0 Å². The molecule has 1 aromatic rings. The molecule has 0 fully saturated rings. The lowest BCUT2D eigenvalue weighted by atomic mass is 10.0. The number of aryl methyl sites for hydroxylation is 1. The maximum Gasteiger partial charge on any atom is 0.285 e. The minimum absolute atomic E-state index is 0.0630. The highest BCUT2D eigenvalue weighted by molar-refractivity contribution is 9.09. The number of hydrogen-bond acceptors (Lipinski definition) is 3. The molecular formula is C13H17BrN2O3. The molecular weight excluding hydrogens is 312 g/mol. The fraction of sp³-hybridized carbons (Fsp3) is 0.462. The average molecular weight is 329 g/mol. The van der Waals surface area contributed by atoms with Gasteiger partial charge in [-0.15, -0.1) is 0 Å². The van der Waals surface area contributed by atoms with Gasteiger partial charge in [-0.05, 0) is 25.8 Å². The molecule has 0 saturated heterocycles.